The molecule has 0 aromatic carbocycles. The van der Waals surface area contributed by atoms with E-state index in [4.69, 9.17) is 5.26 Å². The molecule has 4 rings (SSSR count). The van der Waals surface area contributed by atoms with Crippen LogP contribution in [-0.2, 0) is 10.4 Å². The maximum absolute atomic E-state index is 13.6. The fourth-order valence-corrected chi connectivity index (χ4v) is 4.49. The second kappa shape index (κ2) is 6.46. The number of hydrogen-bond donors (Lipinski definition) is 3. The van der Waals surface area contributed by atoms with Crippen molar-refractivity contribution in [2.24, 2.45) is 0 Å². The van der Waals surface area contributed by atoms with Gasteiger partial charge in [-0.25, -0.2) is 4.98 Å². The summed E-state index contributed by atoms with van der Waals surface area (Å²) in [7, 11) is 0. The Kier molecular flexibility index (Phi) is 4.31. The van der Waals surface area contributed by atoms with Crippen LogP contribution in [0.4, 0.5) is 24.1 Å². The summed E-state index contributed by atoms with van der Waals surface area (Å²) in [6.45, 7) is 1.07. The van der Waals surface area contributed by atoms with Gasteiger partial charge in [-0.2, -0.15) is 23.5 Å². The number of alkyl halides is 3. The Labute approximate surface area is 161 Å². The fraction of sp³-hybridized carbons (Fsp3) is 0.500. The molecule has 2 aliphatic heterocycles. The number of halogens is 3. The number of aromatic nitrogens is 3. The van der Waals surface area contributed by atoms with Gasteiger partial charge in [0.25, 0.3) is 0 Å². The molecule has 0 saturated carbocycles. The normalized spacial score (nSPS) is 23.2. The summed E-state index contributed by atoms with van der Waals surface area (Å²) in [4.78, 5) is 18.3. The van der Waals surface area contributed by atoms with Crippen molar-refractivity contribution in [3.05, 3.63) is 22.3 Å². The Morgan fingerprint density at radius 3 is 2.71 bits per heavy atom. The van der Waals surface area contributed by atoms with Crippen LogP contribution in [0.2, 0.25) is 0 Å². The summed E-state index contributed by atoms with van der Waals surface area (Å²) in [5, 5.41) is 28.7. The molecule has 148 valence electrons. The summed E-state index contributed by atoms with van der Waals surface area (Å²) in [6.07, 6.45) is -3.59. The van der Waals surface area contributed by atoms with Crippen LogP contribution in [0, 0.1) is 11.3 Å². The van der Waals surface area contributed by atoms with Gasteiger partial charge in [0.2, 0.25) is 5.91 Å². The van der Waals surface area contributed by atoms with Gasteiger partial charge in [-0.15, -0.1) is 0 Å². The van der Waals surface area contributed by atoms with Gasteiger partial charge >= 0.3 is 6.18 Å². The summed E-state index contributed by atoms with van der Waals surface area (Å²) in [5.74, 6) is -1.49. The summed E-state index contributed by atoms with van der Waals surface area (Å²) in [6, 6.07) is 2.03. The maximum atomic E-state index is 13.6. The number of piperidine rings is 1. The number of aromatic amines is 1. The standard InChI is InChI=1S/C16H15F3N6O2S/c17-16(18,19)15(27)5-10(26)22-13-11(15)12(23-24-13)8-1-3-25(4-2-8)14-21-7-9(6-20)28-14/h7-8,27H,1-5H2,(H2,22,23,24,26). The van der Waals surface area contributed by atoms with E-state index in [-0.39, 0.29) is 23.0 Å². The highest BCUT2D eigenvalue weighted by molar-refractivity contribution is 7.16. The zero-order chi connectivity index (χ0) is 20.1. The lowest BCUT2D eigenvalue weighted by molar-refractivity contribution is -0.267. The highest BCUT2D eigenvalue weighted by Crippen LogP contribution is 2.49. The van der Waals surface area contributed by atoms with E-state index < -0.39 is 24.1 Å². The molecule has 0 aliphatic carbocycles. The predicted molar refractivity (Wildman–Crippen MR) is 92.8 cm³/mol. The van der Waals surface area contributed by atoms with Crippen LogP contribution in [-0.4, -0.2) is 45.5 Å². The molecular formula is C16H15F3N6O2S. The van der Waals surface area contributed by atoms with Crippen LogP contribution in [0.15, 0.2) is 6.20 Å². The van der Waals surface area contributed by atoms with Crippen molar-refractivity contribution in [3.63, 3.8) is 0 Å². The van der Waals surface area contributed by atoms with E-state index in [2.05, 4.69) is 20.5 Å². The first-order valence-corrected chi connectivity index (χ1v) is 9.33. The minimum atomic E-state index is -5.01. The molecule has 1 atom stereocenters. The van der Waals surface area contributed by atoms with Crippen molar-refractivity contribution < 1.29 is 23.1 Å². The van der Waals surface area contributed by atoms with Gasteiger partial charge in [0.1, 0.15) is 10.9 Å². The molecule has 8 nitrogen and oxygen atoms in total. The van der Waals surface area contributed by atoms with Gasteiger partial charge in [-0.1, -0.05) is 11.3 Å². The Hall–Kier alpha value is -2.65. The SMILES string of the molecule is N#Cc1cnc(N2CCC(c3[nH]nc4c3C(O)(C(F)(F)F)CC(=O)N4)CC2)s1. The molecule has 0 bridgehead atoms. The molecule has 4 heterocycles. The van der Waals surface area contributed by atoms with Crippen molar-refractivity contribution in [1.29, 1.82) is 5.26 Å². The van der Waals surface area contributed by atoms with E-state index >= 15 is 0 Å². The minimum Gasteiger partial charge on any atom is -0.376 e. The summed E-state index contributed by atoms with van der Waals surface area (Å²) in [5.41, 5.74) is -3.45. The van der Waals surface area contributed by atoms with Gasteiger partial charge < -0.3 is 15.3 Å². The molecular weight excluding hydrogens is 397 g/mol. The van der Waals surface area contributed by atoms with Gasteiger partial charge in [-0.3, -0.25) is 9.89 Å². The Balaban J connectivity index is 1.59. The molecule has 1 amide bonds. The van der Waals surface area contributed by atoms with Gasteiger partial charge in [0.05, 0.1) is 18.2 Å². The highest BCUT2D eigenvalue weighted by atomic mass is 32.1. The third kappa shape index (κ3) is 2.91. The van der Waals surface area contributed by atoms with Crippen molar-refractivity contribution in [1.82, 2.24) is 15.2 Å². The number of rotatable bonds is 2. The summed E-state index contributed by atoms with van der Waals surface area (Å²) >= 11 is 1.26. The number of carbonyl (C=O) groups is 1. The molecule has 2 aromatic rings. The van der Waals surface area contributed by atoms with Crippen molar-refractivity contribution >= 4 is 28.2 Å². The maximum Gasteiger partial charge on any atom is 0.422 e. The van der Waals surface area contributed by atoms with Crippen LogP contribution in [0.3, 0.4) is 0 Å². The van der Waals surface area contributed by atoms with Crippen LogP contribution < -0.4 is 10.2 Å². The van der Waals surface area contributed by atoms with E-state index in [0.717, 1.165) is 0 Å². The summed E-state index contributed by atoms with van der Waals surface area (Å²) < 4.78 is 40.8. The number of H-pyrrole nitrogens is 1. The highest BCUT2D eigenvalue weighted by Gasteiger charge is 2.61. The molecule has 0 spiro atoms. The van der Waals surface area contributed by atoms with Crippen LogP contribution in [0.25, 0.3) is 0 Å². The molecule has 1 fully saturated rings. The minimum absolute atomic E-state index is 0.200. The number of aliphatic hydroxyl groups is 1. The smallest absolute Gasteiger partial charge is 0.376 e. The second-order valence-corrected chi connectivity index (χ2v) is 7.83. The Morgan fingerprint density at radius 1 is 1.39 bits per heavy atom. The average molecular weight is 412 g/mol. The third-order valence-electron chi connectivity index (χ3n) is 5.13. The van der Waals surface area contributed by atoms with Gasteiger partial charge in [-0.05, 0) is 12.8 Å². The first-order valence-electron chi connectivity index (χ1n) is 8.51. The number of nitriles is 1. The fourth-order valence-electron chi connectivity index (χ4n) is 3.72. The lowest BCUT2D eigenvalue weighted by Crippen LogP contribution is -2.48. The van der Waals surface area contributed by atoms with Crippen LogP contribution >= 0.6 is 11.3 Å². The number of thiazole rings is 1. The lowest BCUT2D eigenvalue weighted by atomic mass is 9.81. The number of nitrogens with zero attached hydrogens (tertiary/aromatic N) is 4. The van der Waals surface area contributed by atoms with E-state index in [0.29, 0.717) is 35.9 Å². The molecule has 1 saturated heterocycles. The Morgan fingerprint density at radius 2 is 2.11 bits per heavy atom. The van der Waals surface area contributed by atoms with Gasteiger partial charge in [0.15, 0.2) is 16.6 Å². The number of fused-ring (bicyclic) bond motifs is 1. The zero-order valence-electron chi connectivity index (χ0n) is 14.4. The number of anilines is 2. The largest absolute Gasteiger partial charge is 0.422 e. The van der Waals surface area contributed by atoms with Gasteiger partial charge in [0, 0.05) is 24.7 Å². The van der Waals surface area contributed by atoms with Crippen LogP contribution in [0.1, 0.15) is 41.3 Å². The number of amides is 1. The zero-order valence-corrected chi connectivity index (χ0v) is 15.2. The molecule has 12 heteroatoms. The first kappa shape index (κ1) is 18.7. The Bertz CT molecular complexity index is 956. The van der Waals surface area contributed by atoms with Crippen molar-refractivity contribution in [3.8, 4) is 6.07 Å². The third-order valence-corrected chi connectivity index (χ3v) is 6.09. The molecule has 2 aromatic heterocycles. The monoisotopic (exact) mass is 412 g/mol. The van der Waals surface area contributed by atoms with E-state index in [1.165, 1.54) is 17.5 Å². The number of nitrogens with one attached hydrogen (secondary N) is 2. The quantitative estimate of drug-likeness (QED) is 0.696. The van der Waals surface area contributed by atoms with E-state index in [1.54, 1.807) is 0 Å². The molecule has 3 N–H and O–H groups in total. The molecule has 0 radical (unpaired) electrons. The number of carbonyl (C=O) groups excluding carboxylic acids is 1. The lowest BCUT2D eigenvalue weighted by Gasteiger charge is -2.36. The second-order valence-electron chi connectivity index (χ2n) is 6.82. The number of hydrogen-bond acceptors (Lipinski definition) is 7. The molecule has 2 aliphatic rings. The van der Waals surface area contributed by atoms with Crippen molar-refractivity contribution in [2.75, 3.05) is 23.3 Å². The first-order chi connectivity index (χ1) is 13.2. The predicted octanol–water partition coefficient (Wildman–Crippen LogP) is 2.21. The van der Waals surface area contributed by atoms with E-state index in [9.17, 15) is 23.1 Å². The average Bonchev–Trinajstić information content (AvgIpc) is 3.28. The van der Waals surface area contributed by atoms with Crippen molar-refractivity contribution in [2.45, 2.75) is 37.0 Å². The van der Waals surface area contributed by atoms with Crippen LogP contribution in [0.5, 0.6) is 0 Å². The topological polar surface area (TPSA) is 118 Å². The molecule has 1 unspecified atom stereocenters. The van der Waals surface area contributed by atoms with E-state index in [1.807, 2.05) is 11.0 Å². The molecule has 28 heavy (non-hydrogen) atoms.